The highest BCUT2D eigenvalue weighted by Gasteiger charge is 2.33. The molecule has 2 fully saturated rings. The van der Waals surface area contributed by atoms with Gasteiger partial charge >= 0.3 is 0 Å². The van der Waals surface area contributed by atoms with Gasteiger partial charge in [-0.05, 0) is 37.0 Å². The molecule has 0 radical (unpaired) electrons. The molecule has 0 bridgehead atoms. The quantitative estimate of drug-likeness (QED) is 0.839. The van der Waals surface area contributed by atoms with Gasteiger partial charge < -0.3 is 20.3 Å². The zero-order chi connectivity index (χ0) is 18.5. The van der Waals surface area contributed by atoms with E-state index in [1.807, 2.05) is 34.1 Å². The molecule has 0 unspecified atom stereocenters. The maximum Gasteiger partial charge on any atom is 0.222 e. The van der Waals surface area contributed by atoms with Gasteiger partial charge in [0.05, 0.1) is 7.11 Å². The van der Waals surface area contributed by atoms with E-state index in [0.29, 0.717) is 32.5 Å². The summed E-state index contributed by atoms with van der Waals surface area (Å²) >= 11 is 0. The molecule has 2 saturated heterocycles. The minimum atomic E-state index is -0.0604. The Morgan fingerprint density at radius 2 is 2.15 bits per heavy atom. The van der Waals surface area contributed by atoms with E-state index in [-0.39, 0.29) is 23.8 Å². The van der Waals surface area contributed by atoms with Gasteiger partial charge in [0.25, 0.3) is 0 Å². The second-order valence-electron chi connectivity index (χ2n) is 7.29. The fraction of sp³-hybridized carbons (Fsp3) is 0.600. The Hall–Kier alpha value is -2.08. The molecule has 26 heavy (non-hydrogen) atoms. The number of benzene rings is 1. The monoisotopic (exact) mass is 359 g/mol. The first-order valence-corrected chi connectivity index (χ1v) is 9.53. The topological polar surface area (TPSA) is 75.9 Å². The van der Waals surface area contributed by atoms with Crippen LogP contribution in [0.4, 0.5) is 0 Å². The smallest absolute Gasteiger partial charge is 0.222 e. The summed E-state index contributed by atoms with van der Waals surface area (Å²) < 4.78 is 5.29. The lowest BCUT2D eigenvalue weighted by Crippen LogP contribution is -2.37. The van der Waals surface area contributed by atoms with Crippen LogP contribution in [0.3, 0.4) is 0 Å². The Bertz CT molecular complexity index is 649. The largest absolute Gasteiger partial charge is 0.497 e. The molecule has 2 amide bonds. The number of hydrogen-bond donors (Lipinski definition) is 1. The molecule has 1 aromatic rings. The van der Waals surface area contributed by atoms with Crippen molar-refractivity contribution >= 4 is 11.8 Å². The third kappa shape index (κ3) is 4.36. The third-order valence-corrected chi connectivity index (χ3v) is 5.48. The van der Waals surface area contributed by atoms with Crippen LogP contribution in [0.25, 0.3) is 0 Å². The van der Waals surface area contributed by atoms with Gasteiger partial charge in [0.2, 0.25) is 11.8 Å². The third-order valence-electron chi connectivity index (χ3n) is 5.48. The van der Waals surface area contributed by atoms with Gasteiger partial charge in [-0.3, -0.25) is 9.59 Å². The Morgan fingerprint density at radius 3 is 2.92 bits per heavy atom. The zero-order valence-electron chi connectivity index (χ0n) is 15.5. The predicted molar refractivity (Wildman–Crippen MR) is 100.0 cm³/mol. The van der Waals surface area contributed by atoms with E-state index >= 15 is 0 Å². The van der Waals surface area contributed by atoms with Gasteiger partial charge in [-0.25, -0.2) is 0 Å². The number of nitrogens with zero attached hydrogens (tertiary/aromatic N) is 2. The maximum absolute atomic E-state index is 12.6. The standard InChI is InChI=1S/C20H29N3O3/c1-26-16-7-4-6-15(12-16)17-13-23(14-18(17)21)20(25)9-5-11-22-10-3-2-8-19(22)24/h4,6-7,12,17-18H,2-3,5,8-11,13-14,21H2,1H3/t17-,18+/m0/s1. The number of ether oxygens (including phenoxy) is 1. The molecule has 0 aromatic heterocycles. The summed E-state index contributed by atoms with van der Waals surface area (Å²) in [6.45, 7) is 2.75. The molecule has 142 valence electrons. The van der Waals surface area contributed by atoms with Crippen molar-refractivity contribution in [2.45, 2.75) is 44.1 Å². The summed E-state index contributed by atoms with van der Waals surface area (Å²) in [5.74, 6) is 1.31. The van der Waals surface area contributed by atoms with E-state index in [2.05, 4.69) is 0 Å². The Kier molecular flexibility index (Phi) is 6.14. The van der Waals surface area contributed by atoms with E-state index in [9.17, 15) is 9.59 Å². The fourth-order valence-electron chi connectivity index (χ4n) is 3.93. The van der Waals surface area contributed by atoms with Crippen molar-refractivity contribution in [1.82, 2.24) is 9.80 Å². The lowest BCUT2D eigenvalue weighted by molar-refractivity contribution is -0.134. The number of carbonyl (C=O) groups is 2. The average molecular weight is 359 g/mol. The van der Waals surface area contributed by atoms with Crippen molar-refractivity contribution in [2.24, 2.45) is 5.73 Å². The molecule has 1 aromatic carbocycles. The van der Waals surface area contributed by atoms with E-state index < -0.39 is 0 Å². The van der Waals surface area contributed by atoms with Crippen LogP contribution >= 0.6 is 0 Å². The molecular formula is C20H29N3O3. The number of hydrogen-bond acceptors (Lipinski definition) is 4. The zero-order valence-corrected chi connectivity index (χ0v) is 15.5. The van der Waals surface area contributed by atoms with Crippen molar-refractivity contribution in [2.75, 3.05) is 33.3 Å². The van der Waals surface area contributed by atoms with Gasteiger partial charge in [0.15, 0.2) is 0 Å². The molecule has 2 aliphatic rings. The lowest BCUT2D eigenvalue weighted by atomic mass is 9.95. The Balaban J connectivity index is 1.50. The molecule has 0 spiro atoms. The van der Waals surface area contributed by atoms with Gasteiger partial charge in [0, 0.05) is 51.0 Å². The summed E-state index contributed by atoms with van der Waals surface area (Å²) in [7, 11) is 1.65. The highest BCUT2D eigenvalue weighted by molar-refractivity contribution is 5.78. The Morgan fingerprint density at radius 1 is 1.31 bits per heavy atom. The van der Waals surface area contributed by atoms with Crippen molar-refractivity contribution in [3.8, 4) is 5.75 Å². The number of carbonyl (C=O) groups excluding carboxylic acids is 2. The van der Waals surface area contributed by atoms with Crippen LogP contribution in [0.2, 0.25) is 0 Å². The molecular weight excluding hydrogens is 330 g/mol. The lowest BCUT2D eigenvalue weighted by Gasteiger charge is -2.26. The van der Waals surface area contributed by atoms with Crippen LogP contribution in [-0.4, -0.2) is 60.9 Å². The number of methoxy groups -OCH3 is 1. The molecule has 3 rings (SSSR count). The van der Waals surface area contributed by atoms with Crippen LogP contribution in [0.1, 0.15) is 43.6 Å². The van der Waals surface area contributed by atoms with Crippen LogP contribution in [0.15, 0.2) is 24.3 Å². The molecule has 2 N–H and O–H groups in total. The first kappa shape index (κ1) is 18.7. The molecule has 6 nitrogen and oxygen atoms in total. The second kappa shape index (κ2) is 8.54. The second-order valence-corrected chi connectivity index (χ2v) is 7.29. The number of rotatable bonds is 6. The molecule has 0 saturated carbocycles. The Labute approximate surface area is 155 Å². The first-order valence-electron chi connectivity index (χ1n) is 9.53. The van der Waals surface area contributed by atoms with Gasteiger partial charge in [-0.2, -0.15) is 0 Å². The van der Waals surface area contributed by atoms with Gasteiger partial charge in [-0.1, -0.05) is 12.1 Å². The van der Waals surface area contributed by atoms with Crippen molar-refractivity contribution in [3.05, 3.63) is 29.8 Å². The van der Waals surface area contributed by atoms with Crippen LogP contribution in [0.5, 0.6) is 5.75 Å². The predicted octanol–water partition coefficient (Wildman–Crippen LogP) is 1.74. The highest BCUT2D eigenvalue weighted by Crippen LogP contribution is 2.29. The van der Waals surface area contributed by atoms with Gasteiger partial charge in [-0.15, -0.1) is 0 Å². The van der Waals surface area contributed by atoms with E-state index in [4.69, 9.17) is 10.5 Å². The molecule has 2 aliphatic heterocycles. The van der Waals surface area contributed by atoms with Gasteiger partial charge in [0.1, 0.15) is 5.75 Å². The molecule has 2 heterocycles. The van der Waals surface area contributed by atoms with E-state index in [1.165, 1.54) is 0 Å². The first-order chi connectivity index (χ1) is 12.6. The summed E-state index contributed by atoms with van der Waals surface area (Å²) in [6.07, 6.45) is 3.91. The van der Waals surface area contributed by atoms with Crippen molar-refractivity contribution in [3.63, 3.8) is 0 Å². The molecule has 0 aliphatic carbocycles. The summed E-state index contributed by atoms with van der Waals surface area (Å²) in [5.41, 5.74) is 7.42. The molecule has 2 atom stereocenters. The summed E-state index contributed by atoms with van der Waals surface area (Å²) in [5, 5.41) is 0. The summed E-state index contributed by atoms with van der Waals surface area (Å²) in [4.78, 5) is 28.1. The van der Waals surface area contributed by atoms with Crippen molar-refractivity contribution < 1.29 is 14.3 Å². The van der Waals surface area contributed by atoms with E-state index in [0.717, 1.165) is 37.1 Å². The number of piperidine rings is 1. The number of amides is 2. The molecule has 6 heteroatoms. The summed E-state index contributed by atoms with van der Waals surface area (Å²) in [6, 6.07) is 7.86. The van der Waals surface area contributed by atoms with Crippen LogP contribution in [0, 0.1) is 0 Å². The number of nitrogens with two attached hydrogens (primary N) is 1. The highest BCUT2D eigenvalue weighted by atomic mass is 16.5. The SMILES string of the molecule is COc1cccc([C@@H]2CN(C(=O)CCCN3CCCCC3=O)C[C@H]2N)c1. The van der Waals surface area contributed by atoms with Crippen molar-refractivity contribution in [1.29, 1.82) is 0 Å². The minimum Gasteiger partial charge on any atom is -0.497 e. The normalized spacial score (nSPS) is 23.4. The minimum absolute atomic E-state index is 0.0604. The number of likely N-dealkylation sites (tertiary alicyclic amines) is 2. The van der Waals surface area contributed by atoms with E-state index in [1.54, 1.807) is 7.11 Å². The van der Waals surface area contributed by atoms with Crippen LogP contribution in [-0.2, 0) is 9.59 Å². The fourth-order valence-corrected chi connectivity index (χ4v) is 3.93. The maximum atomic E-state index is 12.6. The van der Waals surface area contributed by atoms with Crippen LogP contribution < -0.4 is 10.5 Å². The average Bonchev–Trinajstić information content (AvgIpc) is 3.05.